The van der Waals surface area contributed by atoms with Gasteiger partial charge in [0.25, 0.3) is 17.7 Å². The Balaban J connectivity index is 0.519. The van der Waals surface area contributed by atoms with Gasteiger partial charge in [0, 0.05) is 153 Å². The summed E-state index contributed by atoms with van der Waals surface area (Å²) in [5.74, 6) is -7.74. The van der Waals surface area contributed by atoms with Crippen molar-refractivity contribution in [2.45, 2.75) is 231 Å². The van der Waals surface area contributed by atoms with Crippen LogP contribution >= 0.6 is 0 Å². The van der Waals surface area contributed by atoms with E-state index in [1.54, 1.807) is 62.7 Å². The van der Waals surface area contributed by atoms with Crippen molar-refractivity contribution >= 4 is 75.0 Å². The van der Waals surface area contributed by atoms with E-state index in [0.29, 0.717) is 215 Å². The van der Waals surface area contributed by atoms with Gasteiger partial charge < -0.3 is 93.7 Å². The molecule has 8 aromatic rings. The first-order chi connectivity index (χ1) is 67.7. The molecule has 4 fully saturated rings. The van der Waals surface area contributed by atoms with Gasteiger partial charge >= 0.3 is 5.97 Å². The molecule has 2 bridgehead atoms. The zero-order chi connectivity index (χ0) is 99.4. The number of ketones is 3. The fourth-order valence-electron chi connectivity index (χ4n) is 19.4. The molecule has 3 saturated heterocycles. The molecule has 16 atom stereocenters. The fourth-order valence-corrected chi connectivity index (χ4v) is 19.4. The topological polar surface area (TPSA) is 486 Å². The summed E-state index contributed by atoms with van der Waals surface area (Å²) in [5, 5.41) is 61.0. The lowest BCUT2D eigenvalue weighted by molar-refractivity contribution is -0.265. The van der Waals surface area contributed by atoms with Gasteiger partial charge in [-0.05, 0) is 156 Å². The zero-order valence-electron chi connectivity index (χ0n) is 82.4. The summed E-state index contributed by atoms with van der Waals surface area (Å²) in [5.41, 5.74) is 20.6. The quantitative estimate of drug-likeness (QED) is 0.00907. The minimum absolute atomic E-state index is 0.0201. The Bertz CT molecular complexity index is 5510. The first kappa shape index (κ1) is 106. The molecule has 5 aliphatic rings. The van der Waals surface area contributed by atoms with Crippen molar-refractivity contribution in [1.82, 2.24) is 79.8 Å². The van der Waals surface area contributed by atoms with Crippen LogP contribution in [-0.2, 0) is 95.8 Å². The predicted octanol–water partition coefficient (Wildman–Crippen LogP) is 9.62. The first-order valence-corrected chi connectivity index (χ1v) is 49.3. The number of rotatable bonds is 38. The van der Waals surface area contributed by atoms with Crippen molar-refractivity contribution in [3.8, 4) is 33.6 Å². The number of nitrogen functional groups attached to an aromatic ring is 2. The normalized spacial score (nSPS) is 26.5. The number of ether oxygens (including phenoxy) is 10. The highest BCUT2D eigenvalue weighted by atomic mass is 16.6. The van der Waals surface area contributed by atoms with E-state index in [1.807, 2.05) is 112 Å². The first-order valence-electron chi connectivity index (χ1n) is 49.3. The molecule has 39 heteroatoms. The number of anilines is 3. The average molecular weight is 1940 g/mol. The second kappa shape index (κ2) is 52.2. The third kappa shape index (κ3) is 28.3. The van der Waals surface area contributed by atoms with Crippen molar-refractivity contribution in [2.75, 3.05) is 143 Å². The molecule has 2 amide bonds. The van der Waals surface area contributed by atoms with Gasteiger partial charge in [-0.15, -0.1) is 10.2 Å². The van der Waals surface area contributed by atoms with Crippen LogP contribution < -0.4 is 21.7 Å². The number of nitrogens with two attached hydrogens (primary N) is 2. The Morgan fingerprint density at radius 1 is 0.736 bits per heavy atom. The number of carbonyl (C=O) groups excluding carboxylic acids is 6. The number of piperidine rings is 1. The Hall–Kier alpha value is -10.9. The molecule has 8 N–H and O–H groups in total. The van der Waals surface area contributed by atoms with Crippen LogP contribution in [0.4, 0.5) is 17.8 Å². The lowest BCUT2D eigenvalue weighted by Crippen LogP contribution is -2.61. The molecule has 1 aliphatic carbocycles. The molecule has 6 aromatic heterocycles. The molecule has 39 nitrogen and oxygen atoms in total. The number of Topliss-reactive ketones (excluding diaryl/α,β-unsaturated/α-hetero) is 3. The summed E-state index contributed by atoms with van der Waals surface area (Å²) < 4.78 is 70.2. The van der Waals surface area contributed by atoms with Crippen LogP contribution in [-0.4, -0.2) is 306 Å². The number of fused-ring (bicyclic) bond motifs is 5. The number of oxazole rings is 1. The fraction of sp³-hybridized carbons (Fsp3) is 0.604. The molecular formula is C101H141N19O20. The number of hydrogen-bond acceptors (Lipinski definition) is 34. The van der Waals surface area contributed by atoms with Crippen LogP contribution in [0.5, 0.6) is 0 Å². The molecule has 10 heterocycles. The van der Waals surface area contributed by atoms with Gasteiger partial charge in [0.1, 0.15) is 53.5 Å². The van der Waals surface area contributed by atoms with Crippen molar-refractivity contribution < 1.29 is 95.9 Å². The number of cyclic esters (lactones) is 1. The number of carbonyl (C=O) groups is 6. The molecule has 140 heavy (non-hydrogen) atoms. The highest BCUT2D eigenvalue weighted by molar-refractivity contribution is 6.39. The van der Waals surface area contributed by atoms with Crippen LogP contribution in [0.25, 0.3) is 55.8 Å². The van der Waals surface area contributed by atoms with E-state index in [0.717, 1.165) is 58.5 Å². The largest absolute Gasteiger partial charge is 0.460 e. The second-order valence-electron chi connectivity index (χ2n) is 37.7. The Kier molecular flexibility index (Phi) is 39.7. The minimum Gasteiger partial charge on any atom is -0.460 e. The van der Waals surface area contributed by atoms with Crippen LogP contribution in [0.2, 0.25) is 0 Å². The molecule has 760 valence electrons. The standard InChI is InChI=1S/C101H141N19O20/c1-64-20-12-11-13-21-65(2)85(130-8)54-78-28-25-70(7)101(129,140-78)94(126)97(127)118-33-16-14-24-81(118)98(128)138-86(55-83(122)66(3)49-69(6)92(125)93(132-10)91(124)68(5)48-64)67(4)50-71-26-29-80(87(51-71)131-9)120-82(58-109-113-120)73-23-18-22-72(52-73)75-56-105-100(106-57-75)116-36-35-115(77(61-116)62-121)59-76-60-117(114-111-76)37-41-136-45-47-137-46-43-134-39-19-38-133-42-44-135-40-31-88(123)104-32-15-17-34-119-96-89(95(102)107-63-108-96)90(112-119)74-27-30-84-79(53-74)110-99(103)139-84/h11-13,18,20-23,27,30,49,52-53,56-58,60,63-64,66-68,70-71,77-78,80-81,85-87,92-93,121,125,129H,14-17,19,24-26,28-29,31-48,50-51,54-55,59,61-62H2,1-10H3,(H2,103,110)(H,104,123)(H2,102,107,108)/b13-11+,20-12+,65-21+,69-49+/t64-,66-,67-,68-,70-,71+,77?,78+,80+,81+,85+,86+,87-,92-,93+,101-/m1/s1. The number of esters is 1. The van der Waals surface area contributed by atoms with E-state index in [9.17, 15) is 44.1 Å². The number of unbranched alkanes of at least 4 members (excludes halogenated alkanes) is 1. The number of methoxy groups -OCH3 is 3. The van der Waals surface area contributed by atoms with Gasteiger partial charge in [-0.3, -0.25) is 28.9 Å². The highest BCUT2D eigenvalue weighted by Crippen LogP contribution is 2.43. The summed E-state index contributed by atoms with van der Waals surface area (Å²) in [4.78, 5) is 114. The van der Waals surface area contributed by atoms with Crippen LogP contribution in [0, 0.1) is 35.5 Å². The number of nitrogens with zero attached hydrogens (tertiary/aromatic N) is 16. The number of aliphatic hydroxyl groups excluding tert-OH is 2. The van der Waals surface area contributed by atoms with Crippen LogP contribution in [0.1, 0.15) is 163 Å². The number of piperazine rings is 1. The molecule has 0 spiro atoms. The maximum atomic E-state index is 15.0. The minimum atomic E-state index is -2.49. The van der Waals surface area contributed by atoms with Crippen molar-refractivity contribution in [3.05, 3.63) is 127 Å². The molecule has 13 rings (SSSR count). The summed E-state index contributed by atoms with van der Waals surface area (Å²) in [6.07, 6.45) is 22.4. The number of aliphatic hydroxyl groups is 3. The third-order valence-corrected chi connectivity index (χ3v) is 27.5. The van der Waals surface area contributed by atoms with Gasteiger partial charge in [0.15, 0.2) is 17.0 Å². The predicted molar refractivity (Wildman–Crippen MR) is 521 cm³/mol. The Morgan fingerprint density at radius 2 is 1.49 bits per heavy atom. The lowest BCUT2D eigenvalue weighted by atomic mass is 9.77. The highest BCUT2D eigenvalue weighted by Gasteiger charge is 2.53. The van der Waals surface area contributed by atoms with Crippen molar-refractivity contribution in [2.24, 2.45) is 35.5 Å². The van der Waals surface area contributed by atoms with Crippen molar-refractivity contribution in [3.63, 3.8) is 0 Å². The van der Waals surface area contributed by atoms with E-state index in [1.165, 1.54) is 18.3 Å². The molecule has 2 aromatic carbocycles. The smallest absolute Gasteiger partial charge is 0.329 e. The monoisotopic (exact) mass is 1940 g/mol. The summed E-state index contributed by atoms with van der Waals surface area (Å²) in [6, 6.07) is 12.0. The van der Waals surface area contributed by atoms with Gasteiger partial charge in [0.2, 0.25) is 17.6 Å². The Morgan fingerprint density at radius 3 is 2.25 bits per heavy atom. The molecule has 1 saturated carbocycles. The van der Waals surface area contributed by atoms with E-state index < -0.39 is 83.7 Å². The van der Waals surface area contributed by atoms with Crippen LogP contribution in [0.3, 0.4) is 0 Å². The maximum absolute atomic E-state index is 15.0. The van der Waals surface area contributed by atoms with E-state index in [4.69, 9.17) is 78.3 Å². The van der Waals surface area contributed by atoms with Gasteiger partial charge in [-0.2, -0.15) is 10.1 Å². The number of allylic oxidation sites excluding steroid dienone is 6. The average Bonchev–Trinajstić information content (AvgIpc) is 1.40. The molecule has 4 aliphatic heterocycles. The van der Waals surface area contributed by atoms with Gasteiger partial charge in [-0.25, -0.2) is 38.8 Å². The molecule has 0 radical (unpaired) electrons. The lowest BCUT2D eigenvalue weighted by Gasteiger charge is -2.42. The maximum Gasteiger partial charge on any atom is 0.329 e. The van der Waals surface area contributed by atoms with Gasteiger partial charge in [0.05, 0.1) is 119 Å². The van der Waals surface area contributed by atoms with Gasteiger partial charge in [-0.1, -0.05) is 99.7 Å². The van der Waals surface area contributed by atoms with Crippen molar-refractivity contribution in [1.29, 1.82) is 0 Å². The SMILES string of the molecule is CO[C@H]1C[C@@H]2CC[C@@H](C)[C@@](O)(O2)C(=O)C(=O)N2CCCC[C@H]2C(=O)O[C@H]([C@H](C)C[C@@H]2CC[C@H](n3nncc3-c3cccc(-c4cnc(N5CCN(Cc6cn(CCOCCOCCOCCCOCCOCCC(=O)NCCCCn7nc(-c8ccc9oc(N)nc9c8)c8c(N)ncnc87)nn6)C(CO)C5)nc4)c3)[C@H](OC)C2)CC(=O)[C@H](C)/C=C(\C)[C@@H](O)[C@@H](OC)C(=O)[C@H](C)C[C@H](C)/C=C/C=C/C=C/1C. The van der Waals surface area contributed by atoms with Crippen LogP contribution in [0.15, 0.2) is 126 Å². The Labute approximate surface area is 817 Å². The molecular weight excluding hydrogens is 1800 g/mol. The summed E-state index contributed by atoms with van der Waals surface area (Å²) >= 11 is 0. The van der Waals surface area contributed by atoms with E-state index in [2.05, 4.69) is 56.8 Å². The number of nitrogens with one attached hydrogen (secondary N) is 1. The second-order valence-corrected chi connectivity index (χ2v) is 37.7. The number of benzene rings is 2. The van der Waals surface area contributed by atoms with E-state index >= 15 is 0 Å². The number of hydrogen-bond donors (Lipinski definition) is 6. The zero-order valence-corrected chi connectivity index (χ0v) is 82.4. The number of aryl methyl sites for hydroxylation is 1. The van der Waals surface area contributed by atoms with E-state index in [-0.39, 0.29) is 92.3 Å². The molecule has 1 unspecified atom stereocenters. The third-order valence-electron chi connectivity index (χ3n) is 27.5. The summed E-state index contributed by atoms with van der Waals surface area (Å²) in [7, 11) is 4.64. The number of amides is 2. The number of aromatic nitrogens is 13. The summed E-state index contributed by atoms with van der Waals surface area (Å²) in [6.45, 7) is 20.7.